The molecule has 3 aromatic heterocycles. The zero-order valence-corrected chi connectivity index (χ0v) is 18.9. The van der Waals surface area contributed by atoms with Gasteiger partial charge >= 0.3 is 0 Å². The van der Waals surface area contributed by atoms with E-state index in [1.54, 1.807) is 42.4 Å². The van der Waals surface area contributed by atoms with Crippen LogP contribution in [0.1, 0.15) is 24.8 Å². The number of pyridine rings is 1. The predicted octanol–water partition coefficient (Wildman–Crippen LogP) is 4.14. The summed E-state index contributed by atoms with van der Waals surface area (Å²) in [5.74, 6) is 1.45. The van der Waals surface area contributed by atoms with Gasteiger partial charge in [-0.1, -0.05) is 11.8 Å². The van der Waals surface area contributed by atoms with Crippen LogP contribution >= 0.6 is 11.8 Å². The van der Waals surface area contributed by atoms with Crippen molar-refractivity contribution in [3.8, 4) is 5.75 Å². The first-order valence-corrected chi connectivity index (χ1v) is 11.6. The number of aromatic nitrogens is 4. The van der Waals surface area contributed by atoms with Crippen molar-refractivity contribution in [1.29, 1.82) is 0 Å². The van der Waals surface area contributed by atoms with Crippen LogP contribution in [-0.4, -0.2) is 30.4 Å². The van der Waals surface area contributed by atoms with E-state index in [-0.39, 0.29) is 18.3 Å². The van der Waals surface area contributed by atoms with Gasteiger partial charge in [0.2, 0.25) is 5.89 Å². The Labute approximate surface area is 198 Å². The molecule has 3 atom stereocenters. The number of amidine groups is 1. The number of anilines is 2. The maximum Gasteiger partial charge on any atom is 0.232 e. The van der Waals surface area contributed by atoms with Crippen LogP contribution in [0.4, 0.5) is 15.9 Å². The number of thioether (sulfide) groups is 1. The highest BCUT2D eigenvalue weighted by molar-refractivity contribution is 8.14. The lowest BCUT2D eigenvalue weighted by Crippen LogP contribution is -2.31. The third-order valence-electron chi connectivity index (χ3n) is 6.14. The van der Waals surface area contributed by atoms with Crippen molar-refractivity contribution in [2.75, 3.05) is 5.32 Å². The number of benzene rings is 1. The van der Waals surface area contributed by atoms with Crippen LogP contribution in [0.2, 0.25) is 0 Å². The van der Waals surface area contributed by atoms with Gasteiger partial charge in [0.1, 0.15) is 29.7 Å². The maximum atomic E-state index is 14.9. The van der Waals surface area contributed by atoms with E-state index >= 15 is 0 Å². The molecule has 9 nitrogen and oxygen atoms in total. The minimum atomic E-state index is -0.692. The number of nitrogens with two attached hydrogens (primary N) is 1. The molecule has 0 saturated heterocycles. The van der Waals surface area contributed by atoms with Gasteiger partial charge in [0.25, 0.3) is 0 Å². The lowest BCUT2D eigenvalue weighted by Gasteiger charge is -2.30. The Balaban J connectivity index is 1.28. The average molecular weight is 478 g/mol. The van der Waals surface area contributed by atoms with E-state index in [0.717, 1.165) is 6.42 Å². The fraction of sp³-hybridized carbons (Fsp3) is 0.261. The highest BCUT2D eigenvalue weighted by Gasteiger charge is 2.55. The minimum absolute atomic E-state index is 0.181. The second-order valence-electron chi connectivity index (χ2n) is 8.39. The number of hydrogen-bond donors (Lipinski definition) is 2. The lowest BCUT2D eigenvalue weighted by atomic mass is 9.86. The van der Waals surface area contributed by atoms with Crippen molar-refractivity contribution >= 4 is 39.5 Å². The van der Waals surface area contributed by atoms with E-state index in [0.29, 0.717) is 50.2 Å². The molecule has 4 heterocycles. The first-order valence-electron chi connectivity index (χ1n) is 10.7. The molecule has 0 spiro atoms. The normalized spacial score (nSPS) is 23.3. The summed E-state index contributed by atoms with van der Waals surface area (Å²) in [4.78, 5) is 21.8. The van der Waals surface area contributed by atoms with Gasteiger partial charge in [-0.25, -0.2) is 24.3 Å². The van der Waals surface area contributed by atoms with Crippen molar-refractivity contribution in [1.82, 2.24) is 19.9 Å². The quantitative estimate of drug-likeness (QED) is 0.421. The zero-order valence-electron chi connectivity index (χ0n) is 18.1. The summed E-state index contributed by atoms with van der Waals surface area (Å²) in [7, 11) is 0. The number of nitrogens with one attached hydrogen (secondary N) is 1. The van der Waals surface area contributed by atoms with Crippen LogP contribution in [0.15, 0.2) is 58.7 Å². The second kappa shape index (κ2) is 7.94. The van der Waals surface area contributed by atoms with Gasteiger partial charge in [0.15, 0.2) is 17.6 Å². The minimum Gasteiger partial charge on any atom is -0.482 e. The molecule has 0 bridgehead atoms. The summed E-state index contributed by atoms with van der Waals surface area (Å²) < 4.78 is 25.8. The third-order valence-corrected chi connectivity index (χ3v) is 7.30. The number of aliphatic imine (C=N–C) groups is 1. The molecule has 6 rings (SSSR count). The zero-order chi connectivity index (χ0) is 23.3. The Morgan fingerprint density at radius 2 is 2.18 bits per heavy atom. The molecule has 4 aromatic rings. The standard InChI is InChI=1S/C23H20FN7O2S/c1-23(15-8-18(15)34-22(25)31-23)14-6-12(2-3-16(14)24)30-21-20-17(28-11-29-21)7-13(9-27-20)33-10-19-26-4-5-32-19/h2-7,9,11,15,18H,8,10H2,1H3,(H2,25,31)(H,28,29,30)/t15-,18+,23-/m1/s1. The van der Waals surface area contributed by atoms with E-state index in [9.17, 15) is 4.39 Å². The second-order valence-corrected chi connectivity index (χ2v) is 9.65. The maximum absolute atomic E-state index is 14.9. The van der Waals surface area contributed by atoms with Crippen molar-refractivity contribution in [2.24, 2.45) is 16.6 Å². The van der Waals surface area contributed by atoms with Gasteiger partial charge in [-0.3, -0.25) is 4.99 Å². The molecule has 1 fully saturated rings. The molecule has 1 saturated carbocycles. The smallest absolute Gasteiger partial charge is 0.232 e. The lowest BCUT2D eigenvalue weighted by molar-refractivity contribution is 0.262. The molecule has 3 N–H and O–H groups in total. The van der Waals surface area contributed by atoms with Gasteiger partial charge in [-0.15, -0.1) is 0 Å². The van der Waals surface area contributed by atoms with Gasteiger partial charge < -0.3 is 20.2 Å². The molecule has 1 aliphatic heterocycles. The number of hydrogen-bond acceptors (Lipinski definition) is 10. The van der Waals surface area contributed by atoms with E-state index in [4.69, 9.17) is 14.9 Å². The molecule has 1 aromatic carbocycles. The van der Waals surface area contributed by atoms with E-state index < -0.39 is 5.54 Å². The fourth-order valence-corrected chi connectivity index (χ4v) is 5.62. The van der Waals surface area contributed by atoms with Crippen molar-refractivity contribution in [3.63, 3.8) is 0 Å². The number of ether oxygens (including phenoxy) is 1. The Morgan fingerprint density at radius 3 is 3.03 bits per heavy atom. The Kier molecular flexibility index (Phi) is 4.87. The van der Waals surface area contributed by atoms with Crippen LogP contribution in [0.3, 0.4) is 0 Å². The first-order chi connectivity index (χ1) is 16.5. The van der Waals surface area contributed by atoms with Crippen molar-refractivity contribution in [2.45, 2.75) is 30.7 Å². The number of fused-ring (bicyclic) bond motifs is 2. The van der Waals surface area contributed by atoms with Crippen molar-refractivity contribution in [3.05, 3.63) is 66.5 Å². The Bertz CT molecular complexity index is 1410. The molecule has 11 heteroatoms. The molecular weight excluding hydrogens is 457 g/mol. The van der Waals surface area contributed by atoms with E-state index in [1.807, 2.05) is 6.92 Å². The molecule has 0 unspecified atom stereocenters. The topological polar surface area (TPSA) is 124 Å². The third kappa shape index (κ3) is 3.71. The van der Waals surface area contributed by atoms with Crippen LogP contribution in [0.5, 0.6) is 5.75 Å². The van der Waals surface area contributed by atoms with Gasteiger partial charge in [-0.05, 0) is 31.5 Å². The summed E-state index contributed by atoms with van der Waals surface area (Å²) in [6, 6.07) is 6.65. The highest BCUT2D eigenvalue weighted by Crippen LogP contribution is 2.57. The van der Waals surface area contributed by atoms with Crippen molar-refractivity contribution < 1.29 is 13.5 Å². The fourth-order valence-electron chi connectivity index (χ4n) is 4.34. The monoisotopic (exact) mass is 477 g/mol. The van der Waals surface area contributed by atoms with Crippen LogP contribution in [0.25, 0.3) is 11.0 Å². The predicted molar refractivity (Wildman–Crippen MR) is 126 cm³/mol. The first kappa shape index (κ1) is 20.8. The summed E-state index contributed by atoms with van der Waals surface area (Å²) in [6.07, 6.45) is 7.04. The SMILES string of the molecule is C[C@]1(c2cc(Nc3ncnc4cc(OCc5ncco5)cnc34)ccc2F)N=C(N)S[C@H]2C[C@H]21. The van der Waals surface area contributed by atoms with Gasteiger partial charge in [-0.2, -0.15) is 0 Å². The molecule has 34 heavy (non-hydrogen) atoms. The number of nitrogens with zero attached hydrogens (tertiary/aromatic N) is 5. The molecule has 0 amide bonds. The average Bonchev–Trinajstić information content (AvgIpc) is 3.42. The van der Waals surface area contributed by atoms with Crippen LogP contribution < -0.4 is 15.8 Å². The summed E-state index contributed by atoms with van der Waals surface area (Å²) in [6.45, 7) is 2.13. The summed E-state index contributed by atoms with van der Waals surface area (Å²) in [5, 5.41) is 4.16. The summed E-state index contributed by atoms with van der Waals surface area (Å²) >= 11 is 1.58. The number of halogens is 1. The van der Waals surface area contributed by atoms with E-state index in [1.165, 1.54) is 18.7 Å². The largest absolute Gasteiger partial charge is 0.482 e. The van der Waals surface area contributed by atoms with Crippen LogP contribution in [-0.2, 0) is 12.1 Å². The highest BCUT2D eigenvalue weighted by atomic mass is 32.2. The molecular formula is C23H20FN7O2S. The molecule has 0 radical (unpaired) electrons. The van der Waals surface area contributed by atoms with Gasteiger partial charge in [0, 0.05) is 28.5 Å². The molecule has 1 aliphatic carbocycles. The number of rotatable bonds is 6. The Hall–Kier alpha value is -3.73. The van der Waals surface area contributed by atoms with Crippen LogP contribution in [0, 0.1) is 11.7 Å². The summed E-state index contributed by atoms with van der Waals surface area (Å²) in [5.41, 5.74) is 7.68. The Morgan fingerprint density at radius 1 is 1.26 bits per heavy atom. The number of oxazole rings is 1. The van der Waals surface area contributed by atoms with E-state index in [2.05, 4.69) is 30.2 Å². The van der Waals surface area contributed by atoms with Gasteiger partial charge in [0.05, 0.1) is 23.4 Å². The molecule has 172 valence electrons. The molecule has 2 aliphatic rings.